The third kappa shape index (κ3) is 3.22. The highest BCUT2D eigenvalue weighted by molar-refractivity contribution is 7.17. The molecule has 6 nitrogen and oxygen atoms in total. The Balaban J connectivity index is 1.88. The van der Waals surface area contributed by atoms with Gasteiger partial charge in [0.1, 0.15) is 4.88 Å². The number of amides is 1. The third-order valence-electron chi connectivity index (χ3n) is 3.87. The number of thiazole rings is 1. The minimum Gasteiger partial charge on any atom is -0.337 e. The molecule has 1 aliphatic heterocycles. The zero-order valence-electron chi connectivity index (χ0n) is 12.9. The number of rotatable bonds is 3. The summed E-state index contributed by atoms with van der Waals surface area (Å²) in [7, 11) is 0. The van der Waals surface area contributed by atoms with Crippen LogP contribution >= 0.6 is 11.3 Å². The molecule has 118 valence electrons. The van der Waals surface area contributed by atoms with Crippen molar-refractivity contribution < 1.29 is 4.79 Å². The number of carbonyl (C=O) groups excluding carboxylic acids is 1. The predicted octanol–water partition coefficient (Wildman–Crippen LogP) is 2.54. The van der Waals surface area contributed by atoms with Crippen molar-refractivity contribution in [2.45, 2.75) is 26.2 Å². The first kappa shape index (κ1) is 15.6. The lowest BCUT2D eigenvalue weighted by Gasteiger charge is -2.29. The fourth-order valence-corrected chi connectivity index (χ4v) is 3.74. The molecule has 0 N–H and O–H groups in total. The number of hydrogen-bond acceptors (Lipinski definition) is 6. The van der Waals surface area contributed by atoms with Crippen molar-refractivity contribution in [2.24, 2.45) is 5.92 Å². The molecule has 1 unspecified atom stereocenters. The minimum atomic E-state index is -0.0670. The highest BCUT2D eigenvalue weighted by Crippen LogP contribution is 2.28. The molecule has 0 aromatic carbocycles. The van der Waals surface area contributed by atoms with Crippen LogP contribution in [0.3, 0.4) is 0 Å². The second-order valence-corrected chi connectivity index (χ2v) is 6.44. The fourth-order valence-electron chi connectivity index (χ4n) is 2.67. The largest absolute Gasteiger partial charge is 0.337 e. The van der Waals surface area contributed by atoms with Gasteiger partial charge < -0.3 is 4.90 Å². The first-order valence-corrected chi connectivity index (χ1v) is 8.50. The Labute approximate surface area is 138 Å². The summed E-state index contributed by atoms with van der Waals surface area (Å²) < 4.78 is 0. The van der Waals surface area contributed by atoms with Crippen LogP contribution in [0.4, 0.5) is 0 Å². The van der Waals surface area contributed by atoms with Gasteiger partial charge in [0.15, 0.2) is 10.8 Å². The summed E-state index contributed by atoms with van der Waals surface area (Å²) in [5, 5.41) is 9.77. The van der Waals surface area contributed by atoms with Gasteiger partial charge in [0, 0.05) is 25.5 Å². The topological polar surface area (TPSA) is 82.8 Å². The van der Waals surface area contributed by atoms with Crippen LogP contribution in [0.1, 0.15) is 35.1 Å². The van der Waals surface area contributed by atoms with Gasteiger partial charge in [0.25, 0.3) is 5.91 Å². The average molecular weight is 327 g/mol. The Morgan fingerprint density at radius 1 is 1.48 bits per heavy atom. The van der Waals surface area contributed by atoms with E-state index < -0.39 is 0 Å². The monoisotopic (exact) mass is 327 g/mol. The van der Waals surface area contributed by atoms with Gasteiger partial charge in [0.2, 0.25) is 0 Å². The molecule has 1 amide bonds. The van der Waals surface area contributed by atoms with Crippen molar-refractivity contribution >= 4 is 17.2 Å². The van der Waals surface area contributed by atoms with E-state index in [1.165, 1.54) is 11.3 Å². The molecule has 0 spiro atoms. The van der Waals surface area contributed by atoms with Gasteiger partial charge >= 0.3 is 0 Å². The zero-order valence-corrected chi connectivity index (χ0v) is 13.7. The number of carbonyl (C=O) groups is 1. The Hall–Kier alpha value is -2.33. The normalized spacial score (nSPS) is 17.7. The molecular weight excluding hydrogens is 310 g/mol. The fraction of sp³-hybridized carbons (Fsp3) is 0.438. The maximum absolute atomic E-state index is 12.8. The summed E-state index contributed by atoms with van der Waals surface area (Å²) in [5.41, 5.74) is 0.779. The van der Waals surface area contributed by atoms with Crippen LogP contribution in [-0.4, -0.2) is 38.8 Å². The van der Waals surface area contributed by atoms with E-state index in [1.54, 1.807) is 23.4 Å². The zero-order chi connectivity index (χ0) is 16.2. The average Bonchev–Trinajstić information content (AvgIpc) is 3.06. The number of likely N-dealkylation sites (tertiary alicyclic amines) is 1. The lowest BCUT2D eigenvalue weighted by atomic mass is 9.99. The Bertz CT molecular complexity index is 737. The Kier molecular flexibility index (Phi) is 4.63. The van der Waals surface area contributed by atoms with Crippen LogP contribution in [-0.2, 0) is 6.42 Å². The van der Waals surface area contributed by atoms with Crippen molar-refractivity contribution in [1.29, 1.82) is 5.26 Å². The summed E-state index contributed by atoms with van der Waals surface area (Å²) in [4.78, 5) is 28.2. The van der Waals surface area contributed by atoms with Crippen LogP contribution in [0.25, 0.3) is 10.8 Å². The number of nitrogens with zero attached hydrogens (tertiary/aromatic N) is 5. The maximum Gasteiger partial charge on any atom is 0.265 e. The first-order valence-electron chi connectivity index (χ1n) is 7.69. The number of aryl methyl sites for hydroxylation is 1. The molecule has 7 heteroatoms. The van der Waals surface area contributed by atoms with E-state index in [0.717, 1.165) is 18.5 Å². The number of nitriles is 1. The van der Waals surface area contributed by atoms with E-state index >= 15 is 0 Å². The van der Waals surface area contributed by atoms with Gasteiger partial charge in [-0.1, -0.05) is 6.92 Å². The molecule has 3 heterocycles. The van der Waals surface area contributed by atoms with E-state index in [9.17, 15) is 4.79 Å². The SMILES string of the molecule is CCc1nc(-c2ncccn2)sc1C(=O)N1CCCC(C#N)C1. The molecule has 0 saturated carbocycles. The minimum absolute atomic E-state index is 0.0264. The van der Waals surface area contributed by atoms with Crippen molar-refractivity contribution in [3.05, 3.63) is 29.0 Å². The number of hydrogen-bond donors (Lipinski definition) is 0. The molecule has 0 aliphatic carbocycles. The van der Waals surface area contributed by atoms with E-state index in [0.29, 0.717) is 35.2 Å². The molecule has 3 rings (SSSR count). The summed E-state index contributed by atoms with van der Waals surface area (Å²) in [6.07, 6.45) is 5.75. The van der Waals surface area contributed by atoms with Crippen LogP contribution in [0.5, 0.6) is 0 Å². The Morgan fingerprint density at radius 3 is 2.96 bits per heavy atom. The van der Waals surface area contributed by atoms with Gasteiger partial charge in [-0.05, 0) is 25.3 Å². The van der Waals surface area contributed by atoms with Gasteiger partial charge in [-0.25, -0.2) is 15.0 Å². The van der Waals surface area contributed by atoms with Gasteiger partial charge in [0.05, 0.1) is 17.7 Å². The maximum atomic E-state index is 12.8. The Morgan fingerprint density at radius 2 is 2.26 bits per heavy atom. The van der Waals surface area contributed by atoms with Crippen LogP contribution < -0.4 is 0 Å². The number of aromatic nitrogens is 3. The molecule has 23 heavy (non-hydrogen) atoms. The lowest BCUT2D eigenvalue weighted by Crippen LogP contribution is -2.39. The summed E-state index contributed by atoms with van der Waals surface area (Å²) in [6.45, 7) is 3.19. The van der Waals surface area contributed by atoms with Gasteiger partial charge in [-0.3, -0.25) is 4.79 Å². The van der Waals surface area contributed by atoms with Crippen LogP contribution in [0, 0.1) is 17.2 Å². The highest BCUT2D eigenvalue weighted by atomic mass is 32.1. The highest BCUT2D eigenvalue weighted by Gasteiger charge is 2.28. The molecule has 1 atom stereocenters. The predicted molar refractivity (Wildman–Crippen MR) is 86.8 cm³/mol. The molecule has 1 fully saturated rings. The summed E-state index contributed by atoms with van der Waals surface area (Å²) >= 11 is 1.34. The smallest absolute Gasteiger partial charge is 0.265 e. The molecule has 2 aromatic heterocycles. The van der Waals surface area contributed by atoms with Crippen LogP contribution in [0.15, 0.2) is 18.5 Å². The molecule has 0 radical (unpaired) electrons. The van der Waals surface area contributed by atoms with Crippen molar-refractivity contribution in [3.8, 4) is 16.9 Å². The second-order valence-electron chi connectivity index (χ2n) is 5.44. The van der Waals surface area contributed by atoms with Crippen molar-refractivity contribution in [1.82, 2.24) is 19.9 Å². The quantitative estimate of drug-likeness (QED) is 0.865. The van der Waals surface area contributed by atoms with E-state index in [4.69, 9.17) is 5.26 Å². The van der Waals surface area contributed by atoms with Gasteiger partial charge in [-0.15, -0.1) is 11.3 Å². The van der Waals surface area contributed by atoms with E-state index in [1.807, 2.05) is 6.92 Å². The lowest BCUT2D eigenvalue weighted by molar-refractivity contribution is 0.0702. The molecule has 1 aliphatic rings. The molecule has 1 saturated heterocycles. The van der Waals surface area contributed by atoms with E-state index in [-0.39, 0.29) is 11.8 Å². The second kappa shape index (κ2) is 6.84. The van der Waals surface area contributed by atoms with Crippen LogP contribution in [0.2, 0.25) is 0 Å². The molecule has 0 bridgehead atoms. The standard InChI is InChI=1S/C16H17N5OS/c1-2-12-13(16(22)21-8-3-5-11(9-17)10-21)23-15(20-12)14-18-6-4-7-19-14/h4,6-7,11H,2-3,5,8,10H2,1H3. The summed E-state index contributed by atoms with van der Waals surface area (Å²) in [5.74, 6) is 0.448. The van der Waals surface area contributed by atoms with Crippen molar-refractivity contribution in [2.75, 3.05) is 13.1 Å². The first-order chi connectivity index (χ1) is 11.2. The third-order valence-corrected chi connectivity index (χ3v) is 4.96. The molecular formula is C16H17N5OS. The molecule has 2 aromatic rings. The van der Waals surface area contributed by atoms with Gasteiger partial charge in [-0.2, -0.15) is 5.26 Å². The van der Waals surface area contributed by atoms with E-state index in [2.05, 4.69) is 21.0 Å². The number of piperidine rings is 1. The summed E-state index contributed by atoms with van der Waals surface area (Å²) in [6, 6.07) is 4.02. The van der Waals surface area contributed by atoms with Crippen molar-refractivity contribution in [3.63, 3.8) is 0 Å².